The minimum atomic E-state index is -0.825. The van der Waals surface area contributed by atoms with Crippen LogP contribution in [-0.4, -0.2) is 29.3 Å². The van der Waals surface area contributed by atoms with Gasteiger partial charge in [0, 0.05) is 17.4 Å². The minimum Gasteiger partial charge on any atom is -0.492 e. The number of ether oxygens (including phenoxy) is 2. The van der Waals surface area contributed by atoms with Crippen molar-refractivity contribution in [3.8, 4) is 5.75 Å². The van der Waals surface area contributed by atoms with Crippen molar-refractivity contribution in [1.29, 1.82) is 0 Å². The topological polar surface area (TPSA) is 65.1 Å². The first-order valence-electron chi connectivity index (χ1n) is 9.63. The zero-order chi connectivity index (χ0) is 21.1. The molecule has 0 fully saturated rings. The number of amides is 2. The Hall–Kier alpha value is -2.86. The van der Waals surface area contributed by atoms with Crippen LogP contribution in [0.25, 0.3) is 0 Å². The molecule has 3 rings (SSSR count). The van der Waals surface area contributed by atoms with E-state index in [0.29, 0.717) is 6.61 Å². The van der Waals surface area contributed by atoms with Gasteiger partial charge in [0.15, 0.2) is 0 Å². The molecule has 2 amide bonds. The van der Waals surface area contributed by atoms with E-state index >= 15 is 0 Å². The van der Waals surface area contributed by atoms with E-state index in [1.165, 1.54) is 0 Å². The van der Waals surface area contributed by atoms with Gasteiger partial charge >= 0.3 is 6.09 Å². The van der Waals surface area contributed by atoms with Crippen molar-refractivity contribution in [2.45, 2.75) is 51.7 Å². The zero-order valence-electron chi connectivity index (χ0n) is 17.3. The molecule has 0 spiro atoms. The van der Waals surface area contributed by atoms with Gasteiger partial charge in [0.25, 0.3) is 5.91 Å². The lowest BCUT2D eigenvalue weighted by atomic mass is 9.81. The Bertz CT molecular complexity index is 874. The lowest BCUT2D eigenvalue weighted by molar-refractivity contribution is -0.183. The fraction of sp³-hybridized carbons (Fsp3) is 0.391. The number of benzene rings is 2. The van der Waals surface area contributed by atoms with Gasteiger partial charge in [0.05, 0.1) is 6.61 Å². The van der Waals surface area contributed by atoms with Crippen LogP contribution in [-0.2, 0) is 26.4 Å². The first-order chi connectivity index (χ1) is 13.7. The van der Waals surface area contributed by atoms with Crippen molar-refractivity contribution < 1.29 is 23.9 Å². The lowest BCUT2D eigenvalue weighted by Gasteiger charge is -2.28. The number of imide groups is 1. The van der Waals surface area contributed by atoms with Gasteiger partial charge in [-0.2, -0.15) is 0 Å². The molecule has 6 heteroatoms. The highest BCUT2D eigenvalue weighted by Crippen LogP contribution is 2.41. The van der Waals surface area contributed by atoms with Gasteiger partial charge in [-0.05, 0) is 32.4 Å². The van der Waals surface area contributed by atoms with Gasteiger partial charge < -0.3 is 9.47 Å². The lowest BCUT2D eigenvalue weighted by Crippen LogP contribution is -2.43. The molecule has 2 aromatic carbocycles. The summed E-state index contributed by atoms with van der Waals surface area (Å²) >= 11 is 0. The van der Waals surface area contributed by atoms with Gasteiger partial charge in [0.2, 0.25) is 0 Å². The summed E-state index contributed by atoms with van der Waals surface area (Å²) in [6.45, 7) is 7.61. The van der Waals surface area contributed by atoms with Gasteiger partial charge in [-0.1, -0.05) is 55.5 Å². The number of hydrogen-bond acceptors (Lipinski definition) is 5. The second kappa shape index (κ2) is 8.25. The van der Waals surface area contributed by atoms with Crippen LogP contribution in [0.15, 0.2) is 54.6 Å². The van der Waals surface area contributed by atoms with Crippen molar-refractivity contribution in [3.63, 3.8) is 0 Å². The second-order valence-corrected chi connectivity index (χ2v) is 8.45. The summed E-state index contributed by atoms with van der Waals surface area (Å²) in [7, 11) is 0. The van der Waals surface area contributed by atoms with Crippen LogP contribution in [0.3, 0.4) is 0 Å². The molecule has 0 saturated carbocycles. The average molecular weight is 397 g/mol. The molecule has 0 saturated heterocycles. The molecule has 1 unspecified atom stereocenters. The summed E-state index contributed by atoms with van der Waals surface area (Å²) < 4.78 is 11.1. The van der Waals surface area contributed by atoms with Crippen molar-refractivity contribution in [2.24, 2.45) is 0 Å². The Morgan fingerprint density at radius 1 is 1.07 bits per heavy atom. The third-order valence-corrected chi connectivity index (χ3v) is 4.61. The Morgan fingerprint density at radius 2 is 1.72 bits per heavy atom. The molecule has 0 N–H and O–H groups in total. The summed E-state index contributed by atoms with van der Waals surface area (Å²) in [6.07, 6.45) is -0.771. The van der Waals surface area contributed by atoms with Gasteiger partial charge in [-0.3, -0.25) is 9.63 Å². The predicted molar refractivity (Wildman–Crippen MR) is 108 cm³/mol. The van der Waals surface area contributed by atoms with Crippen LogP contribution in [0, 0.1) is 0 Å². The van der Waals surface area contributed by atoms with E-state index in [1.807, 2.05) is 61.5 Å². The van der Waals surface area contributed by atoms with E-state index in [-0.39, 0.29) is 13.0 Å². The van der Waals surface area contributed by atoms with Gasteiger partial charge in [-0.15, -0.1) is 5.06 Å². The van der Waals surface area contributed by atoms with Crippen LogP contribution >= 0.6 is 0 Å². The standard InChI is InChI=1S/C23H27NO5/c1-22(2,3)29-21(26)24(28-15-17-10-6-5-7-11-17)20(25)14-23(4)16-27-19-13-9-8-12-18(19)23/h5-13H,14-16H2,1-4H3. The van der Waals surface area contributed by atoms with Gasteiger partial charge in [-0.25, -0.2) is 4.79 Å². The predicted octanol–water partition coefficient (Wildman–Crippen LogP) is 4.62. The van der Waals surface area contributed by atoms with E-state index in [2.05, 4.69) is 0 Å². The number of carbonyl (C=O) groups is 2. The number of para-hydroxylation sites is 1. The Balaban J connectivity index is 1.77. The van der Waals surface area contributed by atoms with Crippen molar-refractivity contribution in [2.75, 3.05) is 6.61 Å². The highest BCUT2D eigenvalue weighted by atomic mass is 16.7. The molecule has 1 aliphatic rings. The maximum atomic E-state index is 13.1. The first kappa shape index (κ1) is 20.9. The maximum Gasteiger partial charge on any atom is 0.442 e. The number of hydrogen-bond donors (Lipinski definition) is 0. The molecule has 29 heavy (non-hydrogen) atoms. The fourth-order valence-electron chi connectivity index (χ4n) is 3.20. The maximum absolute atomic E-state index is 13.1. The molecular formula is C23H27NO5. The molecule has 0 aromatic heterocycles. The largest absolute Gasteiger partial charge is 0.492 e. The highest BCUT2D eigenvalue weighted by Gasteiger charge is 2.41. The van der Waals surface area contributed by atoms with Crippen molar-refractivity contribution >= 4 is 12.0 Å². The average Bonchev–Trinajstić information content (AvgIpc) is 2.98. The van der Waals surface area contributed by atoms with E-state index < -0.39 is 23.0 Å². The summed E-state index contributed by atoms with van der Waals surface area (Å²) in [5.41, 5.74) is 0.484. The fourth-order valence-corrected chi connectivity index (χ4v) is 3.20. The van der Waals surface area contributed by atoms with E-state index in [4.69, 9.17) is 14.3 Å². The summed E-state index contributed by atoms with van der Waals surface area (Å²) in [5, 5.41) is 0.741. The van der Waals surface area contributed by atoms with Crippen LogP contribution in [0.4, 0.5) is 4.79 Å². The van der Waals surface area contributed by atoms with Gasteiger partial charge in [0.1, 0.15) is 18.0 Å². The van der Waals surface area contributed by atoms with E-state index in [0.717, 1.165) is 21.9 Å². The molecule has 0 radical (unpaired) electrons. The quantitative estimate of drug-likeness (QED) is 0.689. The number of nitrogens with zero attached hydrogens (tertiary/aromatic N) is 1. The first-order valence-corrected chi connectivity index (χ1v) is 9.63. The zero-order valence-corrected chi connectivity index (χ0v) is 17.3. The van der Waals surface area contributed by atoms with Crippen molar-refractivity contribution in [1.82, 2.24) is 5.06 Å². The Morgan fingerprint density at radius 3 is 2.41 bits per heavy atom. The van der Waals surface area contributed by atoms with Crippen LogP contribution in [0.2, 0.25) is 0 Å². The molecule has 1 aliphatic heterocycles. The normalized spacial score (nSPS) is 17.9. The molecule has 0 aliphatic carbocycles. The SMILES string of the molecule is CC(C)(C)OC(=O)N(OCc1ccccc1)C(=O)CC1(C)COc2ccccc21. The van der Waals surface area contributed by atoms with Crippen LogP contribution in [0.5, 0.6) is 5.75 Å². The number of rotatable bonds is 5. The second-order valence-electron chi connectivity index (χ2n) is 8.45. The highest BCUT2D eigenvalue weighted by molar-refractivity contribution is 5.91. The Labute approximate surface area is 171 Å². The van der Waals surface area contributed by atoms with Crippen molar-refractivity contribution in [3.05, 3.63) is 65.7 Å². The third-order valence-electron chi connectivity index (χ3n) is 4.61. The minimum absolute atomic E-state index is 0.0536. The summed E-state index contributed by atoms with van der Waals surface area (Å²) in [4.78, 5) is 31.4. The summed E-state index contributed by atoms with van der Waals surface area (Å²) in [5.74, 6) is 0.287. The van der Waals surface area contributed by atoms with E-state index in [1.54, 1.807) is 20.8 Å². The Kier molecular flexibility index (Phi) is 5.94. The van der Waals surface area contributed by atoms with Crippen LogP contribution < -0.4 is 4.74 Å². The molecule has 1 atom stereocenters. The van der Waals surface area contributed by atoms with E-state index in [9.17, 15) is 9.59 Å². The smallest absolute Gasteiger partial charge is 0.442 e. The molecule has 2 aromatic rings. The molecule has 154 valence electrons. The number of hydroxylamine groups is 2. The van der Waals surface area contributed by atoms with Crippen LogP contribution in [0.1, 0.15) is 45.2 Å². The number of fused-ring (bicyclic) bond motifs is 1. The molecule has 1 heterocycles. The molecular weight excluding hydrogens is 370 g/mol. The molecule has 0 bridgehead atoms. The third kappa shape index (κ3) is 5.15. The number of carbonyl (C=O) groups excluding carboxylic acids is 2. The molecule has 6 nitrogen and oxygen atoms in total. The monoisotopic (exact) mass is 397 g/mol. The summed E-state index contributed by atoms with van der Waals surface area (Å²) in [6, 6.07) is 17.0.